The van der Waals surface area contributed by atoms with E-state index in [0.29, 0.717) is 6.61 Å². The summed E-state index contributed by atoms with van der Waals surface area (Å²) >= 11 is 3.06. The van der Waals surface area contributed by atoms with Crippen molar-refractivity contribution in [2.45, 2.75) is 58.8 Å². The van der Waals surface area contributed by atoms with E-state index in [4.69, 9.17) is 4.74 Å². The van der Waals surface area contributed by atoms with Crippen LogP contribution in [0.25, 0.3) is 5.31 Å². The summed E-state index contributed by atoms with van der Waals surface area (Å²) in [4.78, 5) is 0. The molecule has 0 amide bonds. The Bertz CT molecular complexity index is 507. The molecule has 0 fully saturated rings. The van der Waals surface area contributed by atoms with E-state index in [-0.39, 0.29) is 18.2 Å². The third-order valence-electron chi connectivity index (χ3n) is 3.19. The third kappa shape index (κ3) is 5.75. The Morgan fingerprint density at radius 2 is 1.55 bits per heavy atom. The molecule has 0 bridgehead atoms. The van der Waals surface area contributed by atoms with E-state index in [1.807, 2.05) is 6.92 Å². The second-order valence-corrected chi connectivity index (χ2v) is 11.8. The maximum atomic E-state index is 5.66. The van der Waals surface area contributed by atoms with E-state index in [2.05, 4.69) is 93.8 Å². The van der Waals surface area contributed by atoms with Crippen LogP contribution in [0.3, 0.4) is 0 Å². The van der Waals surface area contributed by atoms with Gasteiger partial charge in [-0.05, 0) is 0 Å². The van der Waals surface area contributed by atoms with Gasteiger partial charge < -0.3 is 0 Å². The zero-order valence-electron chi connectivity index (χ0n) is 14.9. The van der Waals surface area contributed by atoms with Crippen molar-refractivity contribution in [2.24, 2.45) is 0 Å². The Labute approximate surface area is 145 Å². The summed E-state index contributed by atoms with van der Waals surface area (Å²) in [6, 6.07) is 10.7. The van der Waals surface area contributed by atoms with Crippen molar-refractivity contribution in [1.29, 1.82) is 0 Å². The maximum absolute atomic E-state index is 5.66. The Morgan fingerprint density at radius 1 is 1.05 bits per heavy atom. The van der Waals surface area contributed by atoms with Gasteiger partial charge >= 0.3 is 146 Å². The summed E-state index contributed by atoms with van der Waals surface area (Å²) in [5, 5.41) is 1.85. The molecule has 0 unspecified atom stereocenters. The van der Waals surface area contributed by atoms with Gasteiger partial charge in [0.25, 0.3) is 0 Å². The van der Waals surface area contributed by atoms with Gasteiger partial charge in [-0.25, -0.2) is 0 Å². The average Bonchev–Trinajstić information content (AvgIpc) is 2.36. The fraction of sp³-hybridized carbons (Fsp3) is 0.526. The second kappa shape index (κ2) is 8.03. The topological polar surface area (TPSA) is 9.23 Å². The van der Waals surface area contributed by atoms with Gasteiger partial charge in [0.15, 0.2) is 0 Å². The van der Waals surface area contributed by atoms with E-state index in [1.165, 1.54) is 10.9 Å². The van der Waals surface area contributed by atoms with Crippen molar-refractivity contribution < 1.29 is 20.6 Å². The van der Waals surface area contributed by atoms with Crippen LogP contribution in [0.2, 0.25) is 0 Å². The third-order valence-corrected chi connectivity index (χ3v) is 7.11. The number of rotatable bonds is 5. The standard InChI is InChI=1S/C19H29OP.Cr/c1-8-20-15-14-17(16-12-10-9-11-13-16)21(18(2,3)4)19(5,6)7;/h9-14H,8H2,1-7H3;/b17-14+;. The van der Waals surface area contributed by atoms with Gasteiger partial charge in [-0.2, -0.15) is 0 Å². The van der Waals surface area contributed by atoms with Gasteiger partial charge in [-0.3, -0.25) is 0 Å². The van der Waals surface area contributed by atoms with Crippen molar-refractivity contribution in [2.75, 3.05) is 6.61 Å². The molecule has 0 aromatic heterocycles. The van der Waals surface area contributed by atoms with Crippen LogP contribution in [0.5, 0.6) is 0 Å². The van der Waals surface area contributed by atoms with Crippen LogP contribution in [0, 0.1) is 0 Å². The Hall–Kier alpha value is -0.248. The van der Waals surface area contributed by atoms with Gasteiger partial charge in [0.05, 0.1) is 0 Å². The van der Waals surface area contributed by atoms with Gasteiger partial charge in [-0.15, -0.1) is 0 Å². The van der Waals surface area contributed by atoms with E-state index in [0.717, 1.165) is 4.57 Å². The first-order chi connectivity index (χ1) is 10.1. The van der Waals surface area contributed by atoms with Crippen LogP contribution in [-0.2, 0) is 20.6 Å². The molecule has 1 aromatic rings. The zero-order valence-corrected chi connectivity index (χ0v) is 17.1. The molecule has 122 valence electrons. The minimum atomic E-state index is -0.385. The van der Waals surface area contributed by atoms with E-state index < -0.39 is 0 Å². The molecule has 1 nitrogen and oxygen atoms in total. The monoisotopic (exact) mass is 356 g/mol. The molecule has 22 heavy (non-hydrogen) atoms. The molecule has 0 heterocycles. The van der Waals surface area contributed by atoms with E-state index >= 15 is 0 Å². The summed E-state index contributed by atoms with van der Waals surface area (Å²) < 4.78 is 6.54. The summed E-state index contributed by atoms with van der Waals surface area (Å²) in [6.07, 6.45) is 2.21. The molecule has 0 aliphatic carbocycles. The summed E-state index contributed by atoms with van der Waals surface area (Å²) in [5.41, 5.74) is 1.30. The summed E-state index contributed by atoms with van der Waals surface area (Å²) in [6.45, 7) is 16.8. The molecule has 0 atom stereocenters. The van der Waals surface area contributed by atoms with E-state index in [1.54, 1.807) is 0 Å². The minimum absolute atomic E-state index is 0.224. The molecule has 0 N–H and O–H groups in total. The predicted molar refractivity (Wildman–Crippen MR) is 97.5 cm³/mol. The Balaban J connectivity index is 3.45. The van der Waals surface area contributed by atoms with Gasteiger partial charge in [-0.1, -0.05) is 0 Å². The van der Waals surface area contributed by atoms with Crippen LogP contribution < -0.4 is 0 Å². The molecular weight excluding hydrogens is 327 g/mol. The summed E-state index contributed by atoms with van der Waals surface area (Å²) in [7, 11) is -0.385. The molecule has 0 saturated carbocycles. The molecule has 0 spiro atoms. The fourth-order valence-electron chi connectivity index (χ4n) is 2.91. The fourth-order valence-corrected chi connectivity index (χ4v) is 7.53. The van der Waals surface area contributed by atoms with Crippen LogP contribution in [0.15, 0.2) is 36.4 Å². The molecule has 0 aliphatic heterocycles. The van der Waals surface area contributed by atoms with Crippen LogP contribution in [0.1, 0.15) is 54.0 Å². The van der Waals surface area contributed by atoms with Crippen LogP contribution in [-0.4, -0.2) is 21.5 Å². The molecule has 1 aromatic carbocycles. The molecular formula is C19H29CrOP. The van der Waals surface area contributed by atoms with Crippen molar-refractivity contribution in [3.63, 3.8) is 0 Å². The van der Waals surface area contributed by atoms with Crippen molar-refractivity contribution in [3.8, 4) is 0 Å². The van der Waals surface area contributed by atoms with Crippen LogP contribution in [0.4, 0.5) is 0 Å². The zero-order chi connectivity index (χ0) is 17.0. The van der Waals surface area contributed by atoms with Crippen molar-refractivity contribution in [1.82, 2.24) is 0 Å². The SMILES string of the molecule is CCO[C](=[Cr])/C=C(\c1ccccc1)P(C(C)(C)C)C(C)(C)C. The Morgan fingerprint density at radius 3 is 1.95 bits per heavy atom. The van der Waals surface area contributed by atoms with Gasteiger partial charge in [0.1, 0.15) is 0 Å². The van der Waals surface area contributed by atoms with Crippen LogP contribution >= 0.6 is 7.92 Å². The molecule has 0 saturated heterocycles. The number of ether oxygens (including phenoxy) is 1. The number of hydrogen-bond acceptors (Lipinski definition) is 1. The van der Waals surface area contributed by atoms with Gasteiger partial charge in [0.2, 0.25) is 0 Å². The number of benzene rings is 1. The molecule has 1 rings (SSSR count). The van der Waals surface area contributed by atoms with Gasteiger partial charge in [0, 0.05) is 0 Å². The molecule has 3 heteroatoms. The van der Waals surface area contributed by atoms with Crippen molar-refractivity contribution in [3.05, 3.63) is 42.0 Å². The first-order valence-corrected chi connectivity index (χ1v) is 9.79. The Kier molecular flexibility index (Phi) is 7.23. The average molecular weight is 356 g/mol. The second-order valence-electron chi connectivity index (χ2n) is 7.32. The number of hydrogen-bond donors (Lipinski definition) is 0. The first-order valence-electron chi connectivity index (χ1n) is 7.81. The van der Waals surface area contributed by atoms with E-state index in [9.17, 15) is 0 Å². The molecule has 0 aliphatic rings. The summed E-state index contributed by atoms with van der Waals surface area (Å²) in [5.74, 6) is 0. The predicted octanol–water partition coefficient (Wildman–Crippen LogP) is 5.82. The van der Waals surface area contributed by atoms with Crippen molar-refractivity contribution >= 4 is 17.8 Å². The first kappa shape index (κ1) is 19.8. The normalized spacial score (nSPS) is 13.5. The quantitative estimate of drug-likeness (QED) is 0.604. The molecule has 0 radical (unpaired) electrons.